The molecule has 0 amide bonds. The molecule has 186 valence electrons. The zero-order valence-corrected chi connectivity index (χ0v) is 20.4. The van der Waals surface area contributed by atoms with E-state index in [1.54, 1.807) is 43.9 Å². The summed E-state index contributed by atoms with van der Waals surface area (Å²) in [6.45, 7) is 5.27. The quantitative estimate of drug-likeness (QED) is 0.531. The molecule has 1 N–H and O–H groups in total. The fraction of sp³-hybridized carbons (Fsp3) is 0.370. The van der Waals surface area contributed by atoms with Crippen molar-refractivity contribution in [3.63, 3.8) is 0 Å². The topological polar surface area (TPSA) is 67.2 Å². The summed E-state index contributed by atoms with van der Waals surface area (Å²) < 4.78 is 25.9. The molecule has 0 radical (unpaired) electrons. The minimum Gasteiger partial charge on any atom is -0.507 e. The lowest BCUT2D eigenvalue weighted by atomic mass is 9.95. The summed E-state index contributed by atoms with van der Waals surface area (Å²) in [4.78, 5) is 18.1. The number of aromatic hydroxyl groups is 1. The van der Waals surface area contributed by atoms with Gasteiger partial charge in [-0.2, -0.15) is 0 Å². The van der Waals surface area contributed by atoms with Gasteiger partial charge in [0.2, 0.25) is 0 Å². The van der Waals surface area contributed by atoms with E-state index in [0.717, 1.165) is 11.3 Å². The highest BCUT2D eigenvalue weighted by molar-refractivity contribution is 5.48. The Kier molecular flexibility index (Phi) is 7.73. The fourth-order valence-electron chi connectivity index (χ4n) is 4.80. The number of nitrogens with zero attached hydrogens (tertiary/aromatic N) is 3. The standard InChI is InChI=1S/C27H32FN3O4/c1-19-18-23(32)25(27(33)31(19)16-17-34-2)26(22-6-4-5-7-24(22)35-3)30-14-12-29(13-15-30)21-10-8-20(28)9-11-21/h4-11,18,26,32H,12-17H2,1-3H3/t26-/m1/s1. The van der Waals surface area contributed by atoms with E-state index in [4.69, 9.17) is 9.47 Å². The second-order valence-electron chi connectivity index (χ2n) is 8.68. The smallest absolute Gasteiger partial charge is 0.259 e. The SMILES string of the molecule is COCCn1c(C)cc(O)c([C@@H](c2ccccc2OC)N2CCN(c3ccc(F)cc3)CC2)c1=O. The van der Waals surface area contributed by atoms with Crippen LogP contribution in [0.4, 0.5) is 10.1 Å². The van der Waals surface area contributed by atoms with Crippen LogP contribution in [0.2, 0.25) is 0 Å². The molecule has 4 rings (SSSR count). The Balaban J connectivity index is 1.74. The second kappa shape index (κ2) is 10.9. The van der Waals surface area contributed by atoms with E-state index in [9.17, 15) is 14.3 Å². The fourth-order valence-corrected chi connectivity index (χ4v) is 4.80. The molecule has 35 heavy (non-hydrogen) atoms. The van der Waals surface area contributed by atoms with Gasteiger partial charge < -0.3 is 24.0 Å². The highest BCUT2D eigenvalue weighted by Gasteiger charge is 2.33. The van der Waals surface area contributed by atoms with Crippen molar-refractivity contribution in [3.05, 3.63) is 87.6 Å². The normalized spacial score (nSPS) is 15.3. The molecule has 3 aromatic rings. The Morgan fingerprint density at radius 1 is 1.03 bits per heavy atom. The zero-order valence-electron chi connectivity index (χ0n) is 20.4. The van der Waals surface area contributed by atoms with Crippen LogP contribution < -0.4 is 15.2 Å². The maximum Gasteiger partial charge on any atom is 0.259 e. The van der Waals surface area contributed by atoms with E-state index < -0.39 is 6.04 Å². The van der Waals surface area contributed by atoms with Gasteiger partial charge in [0.05, 0.1) is 25.3 Å². The van der Waals surface area contributed by atoms with Crippen LogP contribution >= 0.6 is 0 Å². The number of aryl methyl sites for hydroxylation is 1. The van der Waals surface area contributed by atoms with E-state index >= 15 is 0 Å². The predicted molar refractivity (Wildman–Crippen MR) is 134 cm³/mol. The molecule has 1 atom stereocenters. The number of para-hydroxylation sites is 1. The van der Waals surface area contributed by atoms with Crippen LogP contribution in [-0.2, 0) is 11.3 Å². The minimum absolute atomic E-state index is 0.0296. The van der Waals surface area contributed by atoms with Crippen LogP contribution in [0.3, 0.4) is 0 Å². The molecule has 2 aromatic carbocycles. The Morgan fingerprint density at radius 2 is 1.71 bits per heavy atom. The van der Waals surface area contributed by atoms with Crippen molar-refractivity contribution in [2.75, 3.05) is 51.9 Å². The second-order valence-corrected chi connectivity index (χ2v) is 8.68. The molecule has 8 heteroatoms. The summed E-state index contributed by atoms with van der Waals surface area (Å²) in [5.41, 5.74) is 2.54. The third-order valence-electron chi connectivity index (χ3n) is 6.62. The van der Waals surface area contributed by atoms with Crippen molar-refractivity contribution in [1.82, 2.24) is 9.47 Å². The average Bonchev–Trinajstić information content (AvgIpc) is 2.87. The van der Waals surface area contributed by atoms with Crippen molar-refractivity contribution in [2.45, 2.75) is 19.5 Å². The highest BCUT2D eigenvalue weighted by Crippen LogP contribution is 2.38. The number of hydrogen-bond donors (Lipinski definition) is 1. The summed E-state index contributed by atoms with van der Waals surface area (Å²) in [6, 6.07) is 15.2. The molecule has 0 unspecified atom stereocenters. The van der Waals surface area contributed by atoms with Gasteiger partial charge in [-0.1, -0.05) is 18.2 Å². The average molecular weight is 482 g/mol. The van der Waals surface area contributed by atoms with Crippen molar-refractivity contribution < 1.29 is 19.0 Å². The van der Waals surface area contributed by atoms with Gasteiger partial charge >= 0.3 is 0 Å². The van der Waals surface area contributed by atoms with Crippen LogP contribution in [0.25, 0.3) is 0 Å². The molecule has 2 heterocycles. The van der Waals surface area contributed by atoms with Gasteiger partial charge in [-0.3, -0.25) is 9.69 Å². The molecule has 0 spiro atoms. The number of piperazine rings is 1. The number of anilines is 1. The molecular formula is C27H32FN3O4. The van der Waals surface area contributed by atoms with Crippen molar-refractivity contribution in [2.24, 2.45) is 0 Å². The molecular weight excluding hydrogens is 449 g/mol. The lowest BCUT2D eigenvalue weighted by molar-refractivity contribution is 0.183. The summed E-state index contributed by atoms with van der Waals surface area (Å²) in [7, 11) is 3.20. The van der Waals surface area contributed by atoms with Gasteiger partial charge in [-0.15, -0.1) is 0 Å². The lowest BCUT2D eigenvalue weighted by Crippen LogP contribution is -2.49. The predicted octanol–water partition coefficient (Wildman–Crippen LogP) is 3.57. The van der Waals surface area contributed by atoms with Crippen LogP contribution in [0.1, 0.15) is 22.9 Å². The van der Waals surface area contributed by atoms with Crippen LogP contribution in [0.15, 0.2) is 59.4 Å². The van der Waals surface area contributed by atoms with Crippen LogP contribution in [-0.4, -0.2) is 61.6 Å². The van der Waals surface area contributed by atoms with Crippen molar-refractivity contribution in [3.8, 4) is 11.5 Å². The number of rotatable bonds is 8. The van der Waals surface area contributed by atoms with E-state index in [2.05, 4.69) is 9.80 Å². The third-order valence-corrected chi connectivity index (χ3v) is 6.62. The first-order valence-corrected chi connectivity index (χ1v) is 11.7. The van der Waals surface area contributed by atoms with Gasteiger partial charge in [0.25, 0.3) is 5.56 Å². The van der Waals surface area contributed by atoms with E-state index in [-0.39, 0.29) is 17.1 Å². The number of ether oxygens (including phenoxy) is 2. The molecule has 1 aliphatic rings. The van der Waals surface area contributed by atoms with Gasteiger partial charge in [0.1, 0.15) is 17.3 Å². The Labute approximate surface area is 204 Å². The summed E-state index contributed by atoms with van der Waals surface area (Å²) in [6.07, 6.45) is 0. The maximum absolute atomic E-state index is 13.7. The maximum atomic E-state index is 13.7. The van der Waals surface area contributed by atoms with Gasteiger partial charge in [-0.05, 0) is 43.3 Å². The minimum atomic E-state index is -0.497. The molecule has 0 bridgehead atoms. The number of benzene rings is 2. The summed E-state index contributed by atoms with van der Waals surface area (Å²) in [5.74, 6) is 0.363. The largest absolute Gasteiger partial charge is 0.507 e. The molecule has 1 aliphatic heterocycles. The summed E-state index contributed by atoms with van der Waals surface area (Å²) in [5, 5.41) is 11.0. The number of pyridine rings is 1. The number of methoxy groups -OCH3 is 2. The van der Waals surface area contributed by atoms with E-state index in [1.807, 2.05) is 24.3 Å². The molecule has 0 aliphatic carbocycles. The monoisotopic (exact) mass is 481 g/mol. The van der Waals surface area contributed by atoms with Crippen molar-refractivity contribution >= 4 is 5.69 Å². The number of hydrogen-bond acceptors (Lipinski definition) is 6. The number of halogens is 1. The van der Waals surface area contributed by atoms with Gasteiger partial charge in [0, 0.05) is 56.8 Å². The van der Waals surface area contributed by atoms with Gasteiger partial charge in [-0.25, -0.2) is 4.39 Å². The number of aromatic nitrogens is 1. The highest BCUT2D eigenvalue weighted by atomic mass is 19.1. The first kappa shape index (κ1) is 24.8. The zero-order chi connectivity index (χ0) is 24.9. The first-order valence-electron chi connectivity index (χ1n) is 11.7. The molecule has 1 aromatic heterocycles. The first-order chi connectivity index (χ1) is 16.9. The molecule has 0 saturated carbocycles. The third kappa shape index (κ3) is 5.18. The molecule has 7 nitrogen and oxygen atoms in total. The van der Waals surface area contributed by atoms with Crippen LogP contribution in [0.5, 0.6) is 11.5 Å². The molecule has 1 fully saturated rings. The van der Waals surface area contributed by atoms with Gasteiger partial charge in [0.15, 0.2) is 0 Å². The van der Waals surface area contributed by atoms with E-state index in [0.29, 0.717) is 56.3 Å². The lowest BCUT2D eigenvalue weighted by Gasteiger charge is -2.40. The Bertz CT molecular complexity index is 1200. The van der Waals surface area contributed by atoms with Crippen LogP contribution in [0, 0.1) is 12.7 Å². The Hall–Kier alpha value is -3.36. The Morgan fingerprint density at radius 3 is 2.37 bits per heavy atom. The summed E-state index contributed by atoms with van der Waals surface area (Å²) >= 11 is 0. The van der Waals surface area contributed by atoms with Crippen molar-refractivity contribution in [1.29, 1.82) is 0 Å². The molecule has 1 saturated heterocycles. The van der Waals surface area contributed by atoms with E-state index in [1.165, 1.54) is 12.1 Å².